The molecule has 158 valence electrons. The van der Waals surface area contributed by atoms with E-state index in [1.54, 1.807) is 30.5 Å². The van der Waals surface area contributed by atoms with Crippen LogP contribution in [0.5, 0.6) is 0 Å². The molecule has 0 radical (unpaired) electrons. The van der Waals surface area contributed by atoms with E-state index in [1.807, 2.05) is 19.2 Å². The molecule has 1 aliphatic carbocycles. The Kier molecular flexibility index (Phi) is 7.61. The normalized spacial score (nSPS) is 13.3. The van der Waals surface area contributed by atoms with Crippen molar-refractivity contribution >= 4 is 28.2 Å². The smallest absolute Gasteiger partial charge is 0.251 e. The Morgan fingerprint density at radius 3 is 2.60 bits per heavy atom. The van der Waals surface area contributed by atoms with Crippen molar-refractivity contribution in [3.05, 3.63) is 51.4 Å². The van der Waals surface area contributed by atoms with Gasteiger partial charge in [0.05, 0.1) is 5.56 Å². The molecule has 7 heteroatoms. The molecule has 0 spiro atoms. The molecule has 0 aliphatic heterocycles. The number of hydrogen-bond donors (Lipinski definition) is 2. The van der Waals surface area contributed by atoms with Gasteiger partial charge in [-0.05, 0) is 56.0 Å². The van der Waals surface area contributed by atoms with Crippen LogP contribution in [-0.4, -0.2) is 37.4 Å². The number of carbonyl (C=O) groups is 2. The van der Waals surface area contributed by atoms with Crippen molar-refractivity contribution in [2.75, 3.05) is 26.0 Å². The van der Waals surface area contributed by atoms with Gasteiger partial charge in [0.1, 0.15) is 11.1 Å². The molecule has 2 N–H and O–H groups in total. The minimum Gasteiger partial charge on any atom is -0.355 e. The monoisotopic (exact) mass is 424 g/mol. The van der Waals surface area contributed by atoms with E-state index in [0.29, 0.717) is 35.6 Å². The van der Waals surface area contributed by atoms with E-state index in [4.69, 9.17) is 0 Å². The van der Waals surface area contributed by atoms with E-state index >= 15 is 0 Å². The standard InChI is InChI=1S/C23H28N4O2S/c1-25-22(29)17-10-8-16(9-11-17)15-27(2)13-12-21(28)26-23-19(14-24)18-6-4-3-5-7-20(18)30-23/h8-11H,3-7,12-13,15H2,1-2H3,(H,25,29)(H,26,28). The molecule has 2 amide bonds. The second kappa shape index (κ2) is 10.4. The summed E-state index contributed by atoms with van der Waals surface area (Å²) in [6.07, 6.45) is 5.77. The molecule has 0 fully saturated rings. The number of amides is 2. The predicted octanol–water partition coefficient (Wildman–Crippen LogP) is 3.71. The van der Waals surface area contributed by atoms with Crippen LogP contribution in [-0.2, 0) is 24.2 Å². The van der Waals surface area contributed by atoms with E-state index in [-0.39, 0.29) is 11.8 Å². The Morgan fingerprint density at radius 2 is 1.90 bits per heavy atom. The first-order valence-corrected chi connectivity index (χ1v) is 11.2. The Hall–Kier alpha value is -2.69. The van der Waals surface area contributed by atoms with Crippen LogP contribution in [0, 0.1) is 11.3 Å². The molecular weight excluding hydrogens is 396 g/mol. The van der Waals surface area contributed by atoms with E-state index in [9.17, 15) is 14.9 Å². The number of anilines is 1. The van der Waals surface area contributed by atoms with Gasteiger partial charge in [-0.25, -0.2) is 0 Å². The Bertz CT molecular complexity index is 943. The molecule has 1 aromatic carbocycles. The minimum atomic E-state index is -0.103. The van der Waals surface area contributed by atoms with Crippen LogP contribution < -0.4 is 10.6 Å². The third-order valence-corrected chi connectivity index (χ3v) is 6.61. The van der Waals surface area contributed by atoms with Crippen LogP contribution in [0.1, 0.15) is 57.6 Å². The number of nitrogens with zero attached hydrogens (tertiary/aromatic N) is 2. The summed E-state index contributed by atoms with van der Waals surface area (Å²) in [5.74, 6) is -0.168. The van der Waals surface area contributed by atoms with Gasteiger partial charge in [-0.1, -0.05) is 18.6 Å². The lowest BCUT2D eigenvalue weighted by atomic mass is 10.1. The summed E-state index contributed by atoms with van der Waals surface area (Å²) in [4.78, 5) is 27.4. The first-order chi connectivity index (χ1) is 14.5. The predicted molar refractivity (Wildman–Crippen MR) is 120 cm³/mol. The van der Waals surface area contributed by atoms with Gasteiger partial charge in [-0.2, -0.15) is 5.26 Å². The summed E-state index contributed by atoms with van der Waals surface area (Å²) in [5.41, 5.74) is 3.52. The van der Waals surface area contributed by atoms with Gasteiger partial charge >= 0.3 is 0 Å². The van der Waals surface area contributed by atoms with Gasteiger partial charge in [0.25, 0.3) is 5.91 Å². The van der Waals surface area contributed by atoms with Gasteiger partial charge in [0, 0.05) is 37.0 Å². The molecule has 1 aromatic heterocycles. The fourth-order valence-corrected chi connectivity index (χ4v) is 4.98. The number of nitrogens with one attached hydrogen (secondary N) is 2. The first-order valence-electron chi connectivity index (χ1n) is 10.4. The number of carbonyl (C=O) groups excluding carboxylic acids is 2. The summed E-state index contributed by atoms with van der Waals surface area (Å²) in [6, 6.07) is 9.78. The van der Waals surface area contributed by atoms with Crippen molar-refractivity contribution in [2.24, 2.45) is 0 Å². The van der Waals surface area contributed by atoms with Crippen molar-refractivity contribution < 1.29 is 9.59 Å². The number of hydrogen-bond acceptors (Lipinski definition) is 5. The van der Waals surface area contributed by atoms with Crippen molar-refractivity contribution in [1.82, 2.24) is 10.2 Å². The quantitative estimate of drug-likeness (QED) is 0.664. The summed E-state index contributed by atoms with van der Waals surface area (Å²) < 4.78 is 0. The summed E-state index contributed by atoms with van der Waals surface area (Å²) in [5, 5.41) is 15.9. The third-order valence-electron chi connectivity index (χ3n) is 5.40. The molecule has 0 atom stereocenters. The summed E-state index contributed by atoms with van der Waals surface area (Å²) >= 11 is 1.57. The second-order valence-electron chi connectivity index (χ2n) is 7.69. The van der Waals surface area contributed by atoms with Crippen LogP contribution in [0.15, 0.2) is 24.3 Å². The highest BCUT2D eigenvalue weighted by molar-refractivity contribution is 7.16. The summed E-state index contributed by atoms with van der Waals surface area (Å²) in [6.45, 7) is 1.30. The zero-order valence-corrected chi connectivity index (χ0v) is 18.4. The van der Waals surface area contributed by atoms with E-state index in [0.717, 1.165) is 36.8 Å². The Morgan fingerprint density at radius 1 is 1.17 bits per heavy atom. The zero-order chi connectivity index (χ0) is 21.5. The highest BCUT2D eigenvalue weighted by atomic mass is 32.1. The van der Waals surface area contributed by atoms with Gasteiger partial charge in [0.2, 0.25) is 5.91 Å². The zero-order valence-electron chi connectivity index (χ0n) is 17.6. The molecule has 1 heterocycles. The van der Waals surface area contributed by atoms with Crippen LogP contribution in [0.3, 0.4) is 0 Å². The van der Waals surface area contributed by atoms with Gasteiger partial charge in [-0.15, -0.1) is 11.3 Å². The fraction of sp³-hybridized carbons (Fsp3) is 0.435. The van der Waals surface area contributed by atoms with Crippen LogP contribution in [0.2, 0.25) is 0 Å². The number of fused-ring (bicyclic) bond motifs is 1. The van der Waals surface area contributed by atoms with Crippen molar-refractivity contribution in [1.29, 1.82) is 5.26 Å². The molecule has 2 aromatic rings. The number of rotatable bonds is 7. The molecule has 0 saturated carbocycles. The second-order valence-corrected chi connectivity index (χ2v) is 8.80. The van der Waals surface area contributed by atoms with Gasteiger partial charge < -0.3 is 15.5 Å². The maximum absolute atomic E-state index is 12.5. The molecule has 6 nitrogen and oxygen atoms in total. The lowest BCUT2D eigenvalue weighted by Crippen LogP contribution is -2.24. The molecule has 3 rings (SSSR count). The van der Waals surface area contributed by atoms with Crippen LogP contribution in [0.4, 0.5) is 5.00 Å². The Balaban J connectivity index is 1.52. The highest BCUT2D eigenvalue weighted by Gasteiger charge is 2.21. The average Bonchev–Trinajstić information content (AvgIpc) is 2.91. The van der Waals surface area contributed by atoms with Gasteiger partial charge in [-0.3, -0.25) is 9.59 Å². The van der Waals surface area contributed by atoms with E-state index in [1.165, 1.54) is 11.3 Å². The lowest BCUT2D eigenvalue weighted by Gasteiger charge is -2.16. The van der Waals surface area contributed by atoms with E-state index < -0.39 is 0 Å². The maximum atomic E-state index is 12.5. The number of thiophene rings is 1. The lowest BCUT2D eigenvalue weighted by molar-refractivity contribution is -0.116. The topological polar surface area (TPSA) is 85.2 Å². The molecule has 1 aliphatic rings. The molecular formula is C23H28N4O2S. The molecule has 0 bridgehead atoms. The average molecular weight is 425 g/mol. The Labute approximate surface area is 181 Å². The number of aryl methyl sites for hydroxylation is 1. The summed E-state index contributed by atoms with van der Waals surface area (Å²) in [7, 11) is 3.58. The minimum absolute atomic E-state index is 0.0651. The van der Waals surface area contributed by atoms with E-state index in [2.05, 4.69) is 21.6 Å². The van der Waals surface area contributed by atoms with Crippen molar-refractivity contribution in [2.45, 2.75) is 45.1 Å². The maximum Gasteiger partial charge on any atom is 0.251 e. The van der Waals surface area contributed by atoms with Crippen molar-refractivity contribution in [3.8, 4) is 6.07 Å². The van der Waals surface area contributed by atoms with Gasteiger partial charge in [0.15, 0.2) is 0 Å². The largest absolute Gasteiger partial charge is 0.355 e. The molecule has 30 heavy (non-hydrogen) atoms. The van der Waals surface area contributed by atoms with Crippen molar-refractivity contribution in [3.63, 3.8) is 0 Å². The highest BCUT2D eigenvalue weighted by Crippen LogP contribution is 2.37. The molecule has 0 unspecified atom stereocenters. The fourth-order valence-electron chi connectivity index (χ4n) is 3.73. The third kappa shape index (κ3) is 5.47. The SMILES string of the molecule is CNC(=O)c1ccc(CN(C)CCC(=O)Nc2sc3c(c2C#N)CCCCC3)cc1. The molecule has 0 saturated heterocycles. The first kappa shape index (κ1) is 22.0. The number of nitriles is 1. The van der Waals surface area contributed by atoms with Crippen LogP contribution >= 0.6 is 11.3 Å². The number of benzene rings is 1. The van der Waals surface area contributed by atoms with Crippen LogP contribution in [0.25, 0.3) is 0 Å².